The number of carbonyl (C=O) groups excluding carboxylic acids is 1. The zero-order valence-corrected chi connectivity index (χ0v) is 20.3. The van der Waals surface area contributed by atoms with E-state index in [1.807, 2.05) is 37.3 Å². The zero-order valence-electron chi connectivity index (χ0n) is 20.3. The lowest BCUT2D eigenvalue weighted by Crippen LogP contribution is -2.37. The lowest BCUT2D eigenvalue weighted by Gasteiger charge is -2.30. The molecule has 10 heteroatoms. The minimum atomic E-state index is -4.94. The number of aromatic nitrogens is 1. The van der Waals surface area contributed by atoms with Gasteiger partial charge in [-0.05, 0) is 81.0 Å². The maximum Gasteiger partial charge on any atom is 0.416 e. The molecule has 0 saturated heterocycles. The molecule has 0 spiro atoms. The summed E-state index contributed by atoms with van der Waals surface area (Å²) in [6.45, 7) is 3.40. The van der Waals surface area contributed by atoms with Crippen molar-refractivity contribution >= 4 is 22.6 Å². The lowest BCUT2D eigenvalue weighted by atomic mass is 9.85. The molecule has 1 fully saturated rings. The molecule has 1 aliphatic rings. The van der Waals surface area contributed by atoms with Gasteiger partial charge in [-0.3, -0.25) is 4.79 Å². The number of anilines is 1. The molecule has 1 heterocycles. The Balaban J connectivity index is 1.38. The smallest absolute Gasteiger partial charge is 0.367 e. The molecule has 1 aliphatic carbocycles. The molecule has 4 nitrogen and oxygen atoms in total. The predicted octanol–water partition coefficient (Wildman–Crippen LogP) is 7.43. The number of nitrogens with one attached hydrogen (secondary N) is 2. The van der Waals surface area contributed by atoms with Crippen molar-refractivity contribution < 1.29 is 31.1 Å². The van der Waals surface area contributed by atoms with Gasteiger partial charge in [-0.2, -0.15) is 26.3 Å². The molecule has 0 bridgehead atoms. The van der Waals surface area contributed by atoms with E-state index < -0.39 is 29.5 Å². The summed E-state index contributed by atoms with van der Waals surface area (Å²) in [5.74, 6) is -0.000909. The number of pyridine rings is 1. The van der Waals surface area contributed by atoms with Gasteiger partial charge in [-0.25, -0.2) is 4.98 Å². The molecular weight excluding hydrogens is 496 g/mol. The molecule has 1 atom stereocenters. The number of nitrogens with zero attached hydrogens (tertiary/aromatic N) is 1. The Morgan fingerprint density at radius 1 is 0.919 bits per heavy atom. The van der Waals surface area contributed by atoms with Crippen LogP contribution in [0.15, 0.2) is 48.5 Å². The van der Waals surface area contributed by atoms with Gasteiger partial charge in [0.1, 0.15) is 5.82 Å². The van der Waals surface area contributed by atoms with Gasteiger partial charge in [0, 0.05) is 17.3 Å². The number of para-hydroxylation sites is 1. The summed E-state index contributed by atoms with van der Waals surface area (Å²) in [5, 5.41) is 7.11. The molecule has 3 aromatic rings. The molecule has 4 rings (SSSR count). The van der Waals surface area contributed by atoms with Crippen LogP contribution >= 0.6 is 0 Å². The van der Waals surface area contributed by atoms with E-state index in [1.165, 1.54) is 6.92 Å². The number of hydrogen-bond donors (Lipinski definition) is 2. The molecule has 2 N–H and O–H groups in total. The Labute approximate surface area is 210 Å². The van der Waals surface area contributed by atoms with Gasteiger partial charge >= 0.3 is 12.4 Å². The molecule has 1 aromatic heterocycles. The van der Waals surface area contributed by atoms with E-state index >= 15 is 0 Å². The van der Waals surface area contributed by atoms with Gasteiger partial charge in [-0.1, -0.05) is 18.2 Å². The van der Waals surface area contributed by atoms with Crippen molar-refractivity contribution in [3.63, 3.8) is 0 Å². The van der Waals surface area contributed by atoms with E-state index in [2.05, 4.69) is 15.6 Å². The summed E-state index contributed by atoms with van der Waals surface area (Å²) in [6, 6.07) is 10.3. The molecule has 198 valence electrons. The van der Waals surface area contributed by atoms with Gasteiger partial charge in [0.15, 0.2) is 0 Å². The van der Waals surface area contributed by atoms with Crippen molar-refractivity contribution in [2.45, 2.75) is 64.0 Å². The number of rotatable bonds is 5. The monoisotopic (exact) mass is 523 g/mol. The van der Waals surface area contributed by atoms with Crippen molar-refractivity contribution in [1.82, 2.24) is 10.3 Å². The molecular formula is C27H27F6N3O. The molecule has 0 unspecified atom stereocenters. The summed E-state index contributed by atoms with van der Waals surface area (Å²) in [5.41, 5.74) is -1.07. The average Bonchev–Trinajstić information content (AvgIpc) is 2.83. The van der Waals surface area contributed by atoms with Crippen molar-refractivity contribution in [2.24, 2.45) is 5.92 Å². The largest absolute Gasteiger partial charge is 0.416 e. The van der Waals surface area contributed by atoms with E-state index in [-0.39, 0.29) is 29.5 Å². The number of carbonyl (C=O) groups is 1. The van der Waals surface area contributed by atoms with Gasteiger partial charge in [0.2, 0.25) is 5.91 Å². The fraction of sp³-hybridized carbons (Fsp3) is 0.407. The van der Waals surface area contributed by atoms with E-state index in [9.17, 15) is 31.1 Å². The first-order chi connectivity index (χ1) is 17.3. The van der Waals surface area contributed by atoms with Crippen molar-refractivity contribution in [3.05, 3.63) is 70.8 Å². The minimum Gasteiger partial charge on any atom is -0.367 e. The Morgan fingerprint density at radius 2 is 1.51 bits per heavy atom. The summed E-state index contributed by atoms with van der Waals surface area (Å²) < 4.78 is 79.1. The summed E-state index contributed by atoms with van der Waals surface area (Å²) in [4.78, 5) is 17.5. The SMILES string of the molecule is Cc1cc(N[C@H]2CC[C@@H](C(=O)N[C@@H](C)c3cc(C(F)(F)F)cc(C(F)(F)F)c3)CC2)nc2ccccc12. The van der Waals surface area contributed by atoms with E-state index in [4.69, 9.17) is 0 Å². The van der Waals surface area contributed by atoms with Crippen LogP contribution in [0.3, 0.4) is 0 Å². The number of alkyl halides is 6. The Kier molecular flexibility index (Phi) is 7.39. The second-order valence-electron chi connectivity index (χ2n) is 9.60. The van der Waals surface area contributed by atoms with Gasteiger partial charge in [0.25, 0.3) is 0 Å². The highest BCUT2D eigenvalue weighted by atomic mass is 19.4. The molecule has 0 aliphatic heterocycles. The Hall–Kier alpha value is -3.30. The topological polar surface area (TPSA) is 54.0 Å². The number of benzene rings is 2. The molecule has 2 aromatic carbocycles. The normalized spacial score (nSPS) is 19.5. The standard InChI is InChI=1S/C27H27F6N3O/c1-15-11-24(36-23-6-4-3-5-22(15)23)35-21-9-7-17(8-10-21)25(37)34-16(2)18-12-19(26(28,29)30)14-20(13-18)27(31,32)33/h3-6,11-14,16-17,21H,7-10H2,1-2H3,(H,34,37)(H,35,36)/t16-,17-,21+/m0/s1. The second-order valence-corrected chi connectivity index (χ2v) is 9.60. The van der Waals surface area contributed by atoms with Crippen LogP contribution in [0.25, 0.3) is 10.9 Å². The van der Waals surface area contributed by atoms with Crippen LogP contribution in [-0.4, -0.2) is 16.9 Å². The first-order valence-corrected chi connectivity index (χ1v) is 12.0. The van der Waals surface area contributed by atoms with Crippen LogP contribution in [-0.2, 0) is 17.1 Å². The van der Waals surface area contributed by atoms with Gasteiger partial charge in [0.05, 0.1) is 22.7 Å². The van der Waals surface area contributed by atoms with E-state index in [0.717, 1.165) is 22.3 Å². The number of aryl methyl sites for hydroxylation is 1. The third kappa shape index (κ3) is 6.34. The highest BCUT2D eigenvalue weighted by Gasteiger charge is 2.37. The summed E-state index contributed by atoms with van der Waals surface area (Å²) in [6.07, 6.45) is -7.44. The average molecular weight is 524 g/mol. The Bertz CT molecular complexity index is 1250. The lowest BCUT2D eigenvalue weighted by molar-refractivity contribution is -0.143. The minimum absolute atomic E-state index is 0.0816. The van der Waals surface area contributed by atoms with Crippen LogP contribution in [0.5, 0.6) is 0 Å². The number of halogens is 6. The number of fused-ring (bicyclic) bond motifs is 1. The Morgan fingerprint density at radius 3 is 2.11 bits per heavy atom. The molecule has 37 heavy (non-hydrogen) atoms. The molecule has 0 radical (unpaired) electrons. The summed E-state index contributed by atoms with van der Waals surface area (Å²) in [7, 11) is 0. The maximum absolute atomic E-state index is 13.2. The zero-order chi connectivity index (χ0) is 27.0. The van der Waals surface area contributed by atoms with E-state index in [1.54, 1.807) is 0 Å². The van der Waals surface area contributed by atoms with Crippen molar-refractivity contribution in [2.75, 3.05) is 5.32 Å². The number of amides is 1. The maximum atomic E-state index is 13.2. The van der Waals surface area contributed by atoms with Crippen LogP contribution in [0.2, 0.25) is 0 Å². The van der Waals surface area contributed by atoms with Crippen LogP contribution in [0.4, 0.5) is 32.2 Å². The summed E-state index contributed by atoms with van der Waals surface area (Å²) >= 11 is 0. The van der Waals surface area contributed by atoms with Gasteiger partial charge in [-0.15, -0.1) is 0 Å². The van der Waals surface area contributed by atoms with Gasteiger partial charge < -0.3 is 10.6 Å². The van der Waals surface area contributed by atoms with Crippen molar-refractivity contribution in [1.29, 1.82) is 0 Å². The fourth-order valence-corrected chi connectivity index (χ4v) is 4.78. The van der Waals surface area contributed by atoms with Crippen LogP contribution in [0, 0.1) is 12.8 Å². The number of hydrogen-bond acceptors (Lipinski definition) is 3. The molecule has 1 saturated carbocycles. The predicted molar refractivity (Wildman–Crippen MR) is 129 cm³/mol. The van der Waals surface area contributed by atoms with Crippen molar-refractivity contribution in [3.8, 4) is 0 Å². The fourth-order valence-electron chi connectivity index (χ4n) is 4.78. The van der Waals surface area contributed by atoms with E-state index in [0.29, 0.717) is 37.8 Å². The highest BCUT2D eigenvalue weighted by molar-refractivity contribution is 5.83. The highest BCUT2D eigenvalue weighted by Crippen LogP contribution is 2.37. The second kappa shape index (κ2) is 10.2. The first kappa shape index (κ1) is 26.8. The third-order valence-electron chi connectivity index (χ3n) is 6.84. The quantitative estimate of drug-likeness (QED) is 0.342. The molecule has 1 amide bonds. The third-order valence-corrected chi connectivity index (χ3v) is 6.84. The van der Waals surface area contributed by atoms with Crippen LogP contribution in [0.1, 0.15) is 60.9 Å². The first-order valence-electron chi connectivity index (χ1n) is 12.0. The van der Waals surface area contributed by atoms with Crippen LogP contribution < -0.4 is 10.6 Å².